The Hall–Kier alpha value is -2.63. The molecule has 5 nitrogen and oxygen atoms in total. The van der Waals surface area contributed by atoms with Gasteiger partial charge in [-0.2, -0.15) is 5.26 Å². The Balaban J connectivity index is 2.13. The molecule has 2 aromatic carbocycles. The standard InChI is InChI=1S/C22H19BrFN3O2S/c1-12-19(21(28)27-17-6-4-5-7-18(17)29-2)20(15(11-25)22(26-12)30-3)14-9-8-13(23)10-16(14)24/h4-10,15,20H,1-3H3,(H,27,28). The summed E-state index contributed by atoms with van der Waals surface area (Å²) >= 11 is 4.58. The van der Waals surface area contributed by atoms with Crippen LogP contribution >= 0.6 is 27.7 Å². The van der Waals surface area contributed by atoms with Crippen LogP contribution in [-0.4, -0.2) is 24.3 Å². The third-order valence-electron chi connectivity index (χ3n) is 4.82. The molecule has 154 valence electrons. The smallest absolute Gasteiger partial charge is 0.254 e. The van der Waals surface area contributed by atoms with E-state index in [1.54, 1.807) is 43.3 Å². The van der Waals surface area contributed by atoms with Gasteiger partial charge in [-0.15, -0.1) is 11.8 Å². The van der Waals surface area contributed by atoms with Crippen LogP contribution in [-0.2, 0) is 4.79 Å². The molecule has 0 aliphatic carbocycles. The topological polar surface area (TPSA) is 74.5 Å². The maximum absolute atomic E-state index is 14.9. The number of carbonyl (C=O) groups excluding carboxylic acids is 1. The van der Waals surface area contributed by atoms with Crippen LogP contribution in [0.3, 0.4) is 0 Å². The number of hydrogen-bond donors (Lipinski definition) is 1. The molecular formula is C22H19BrFN3O2S. The minimum atomic E-state index is -0.794. The molecule has 0 fully saturated rings. The SMILES string of the molecule is COc1ccccc1NC(=O)C1=C(C)N=C(SC)C(C#N)C1c1ccc(Br)cc1F. The average molecular weight is 488 g/mol. The van der Waals surface area contributed by atoms with Crippen molar-refractivity contribution >= 4 is 44.3 Å². The fraction of sp³-hybridized carbons (Fsp3) is 0.227. The van der Waals surface area contributed by atoms with Crippen LogP contribution in [0.15, 0.2) is 63.2 Å². The van der Waals surface area contributed by atoms with E-state index >= 15 is 0 Å². The zero-order valence-electron chi connectivity index (χ0n) is 16.6. The number of nitrogens with zero attached hydrogens (tertiary/aromatic N) is 2. The molecule has 2 atom stereocenters. The Morgan fingerprint density at radius 2 is 2.07 bits per heavy atom. The van der Waals surface area contributed by atoms with Gasteiger partial charge in [0.15, 0.2) is 0 Å². The lowest BCUT2D eigenvalue weighted by Gasteiger charge is -2.30. The highest BCUT2D eigenvalue weighted by atomic mass is 79.9. The lowest BCUT2D eigenvalue weighted by atomic mass is 9.78. The number of hydrogen-bond acceptors (Lipinski definition) is 5. The van der Waals surface area contributed by atoms with Gasteiger partial charge in [-0.1, -0.05) is 34.1 Å². The summed E-state index contributed by atoms with van der Waals surface area (Å²) < 4.78 is 20.8. The van der Waals surface area contributed by atoms with Crippen LogP contribution in [0.25, 0.3) is 0 Å². The number of nitrogens with one attached hydrogen (secondary N) is 1. The largest absolute Gasteiger partial charge is 0.495 e. The number of carbonyl (C=O) groups is 1. The van der Waals surface area contributed by atoms with Crippen LogP contribution in [0.4, 0.5) is 10.1 Å². The Kier molecular flexibility index (Phi) is 6.95. The monoisotopic (exact) mass is 487 g/mol. The van der Waals surface area contributed by atoms with E-state index in [1.165, 1.54) is 24.9 Å². The van der Waals surface area contributed by atoms with Gasteiger partial charge >= 0.3 is 0 Å². The van der Waals surface area contributed by atoms with Crippen LogP contribution in [0.1, 0.15) is 18.4 Å². The number of methoxy groups -OCH3 is 1. The van der Waals surface area contributed by atoms with Crippen LogP contribution in [0.5, 0.6) is 5.75 Å². The Morgan fingerprint density at radius 1 is 1.33 bits per heavy atom. The van der Waals surface area contributed by atoms with E-state index in [4.69, 9.17) is 4.74 Å². The molecule has 2 unspecified atom stereocenters. The first kappa shape index (κ1) is 22.1. The molecule has 8 heteroatoms. The molecule has 1 amide bonds. The van der Waals surface area contributed by atoms with Gasteiger partial charge in [0.25, 0.3) is 5.91 Å². The molecule has 1 aliphatic rings. The molecule has 1 heterocycles. The summed E-state index contributed by atoms with van der Waals surface area (Å²) in [5.41, 5.74) is 1.46. The van der Waals surface area contributed by atoms with Crippen molar-refractivity contribution in [3.8, 4) is 11.8 Å². The molecule has 0 saturated heterocycles. The number of aliphatic imine (C=N–C) groups is 1. The van der Waals surface area contributed by atoms with Crippen molar-refractivity contribution in [3.05, 3.63) is 69.6 Å². The number of thioether (sulfide) groups is 1. The van der Waals surface area contributed by atoms with Gasteiger partial charge in [-0.05, 0) is 43.0 Å². The number of halogens is 2. The highest BCUT2D eigenvalue weighted by Gasteiger charge is 2.39. The fourth-order valence-electron chi connectivity index (χ4n) is 3.46. The summed E-state index contributed by atoms with van der Waals surface area (Å²) in [7, 11) is 1.51. The van der Waals surface area contributed by atoms with Crippen molar-refractivity contribution < 1.29 is 13.9 Å². The predicted molar refractivity (Wildman–Crippen MR) is 121 cm³/mol. The van der Waals surface area contributed by atoms with Crippen molar-refractivity contribution in [1.29, 1.82) is 5.26 Å². The molecule has 0 radical (unpaired) electrons. The Bertz CT molecular complexity index is 1090. The van der Waals surface area contributed by atoms with Crippen molar-refractivity contribution in [2.45, 2.75) is 12.8 Å². The van der Waals surface area contributed by atoms with E-state index in [0.29, 0.717) is 26.7 Å². The zero-order valence-corrected chi connectivity index (χ0v) is 19.0. The predicted octanol–water partition coefficient (Wildman–Crippen LogP) is 5.51. The number of amides is 1. The number of nitriles is 1. The number of anilines is 1. The second-order valence-corrected chi connectivity index (χ2v) is 8.30. The van der Waals surface area contributed by atoms with Gasteiger partial charge in [-0.3, -0.25) is 4.79 Å². The molecule has 3 rings (SSSR count). The van der Waals surface area contributed by atoms with Crippen molar-refractivity contribution in [3.63, 3.8) is 0 Å². The summed E-state index contributed by atoms with van der Waals surface area (Å²) in [6, 6.07) is 13.8. The number of rotatable bonds is 4. The molecule has 1 N–H and O–H groups in total. The number of benzene rings is 2. The minimum absolute atomic E-state index is 0.256. The van der Waals surface area contributed by atoms with Gasteiger partial charge in [0.1, 0.15) is 17.5 Å². The molecule has 1 aliphatic heterocycles. The van der Waals surface area contributed by atoms with E-state index < -0.39 is 23.6 Å². The Morgan fingerprint density at radius 3 is 2.70 bits per heavy atom. The molecule has 30 heavy (non-hydrogen) atoms. The van der Waals surface area contributed by atoms with Crippen LogP contribution in [0.2, 0.25) is 0 Å². The average Bonchev–Trinajstić information content (AvgIpc) is 2.73. The van der Waals surface area contributed by atoms with Gasteiger partial charge in [0.05, 0.1) is 23.9 Å². The summed E-state index contributed by atoms with van der Waals surface area (Å²) in [5, 5.41) is 13.3. The summed E-state index contributed by atoms with van der Waals surface area (Å²) in [4.78, 5) is 17.8. The first-order valence-corrected chi connectivity index (χ1v) is 11.0. The van der Waals surface area contributed by atoms with Crippen LogP contribution < -0.4 is 10.1 Å². The number of ether oxygens (including phenoxy) is 1. The molecule has 0 spiro atoms. The van der Waals surface area contributed by atoms with E-state index in [-0.39, 0.29) is 11.1 Å². The van der Waals surface area contributed by atoms with Crippen molar-refractivity contribution in [2.24, 2.45) is 10.9 Å². The first-order valence-electron chi connectivity index (χ1n) is 9.03. The molecular weight excluding hydrogens is 469 g/mol. The molecule has 0 aromatic heterocycles. The summed E-state index contributed by atoms with van der Waals surface area (Å²) in [6.07, 6.45) is 1.81. The number of para-hydroxylation sites is 2. The van der Waals surface area contributed by atoms with E-state index in [0.717, 1.165) is 0 Å². The van der Waals surface area contributed by atoms with Gasteiger partial charge < -0.3 is 10.1 Å². The van der Waals surface area contributed by atoms with E-state index in [9.17, 15) is 14.4 Å². The van der Waals surface area contributed by atoms with Crippen LogP contribution in [0, 0.1) is 23.1 Å². The van der Waals surface area contributed by atoms with E-state index in [2.05, 4.69) is 32.3 Å². The molecule has 0 bridgehead atoms. The maximum atomic E-state index is 14.9. The Labute approximate surface area is 187 Å². The number of allylic oxidation sites excluding steroid dienone is 1. The normalized spacial score (nSPS) is 18.5. The maximum Gasteiger partial charge on any atom is 0.254 e. The quantitative estimate of drug-likeness (QED) is 0.616. The van der Waals surface area contributed by atoms with Crippen molar-refractivity contribution in [2.75, 3.05) is 18.7 Å². The minimum Gasteiger partial charge on any atom is -0.495 e. The molecule has 2 aromatic rings. The highest BCUT2D eigenvalue weighted by molar-refractivity contribution is 9.10. The van der Waals surface area contributed by atoms with E-state index in [1.807, 2.05) is 6.26 Å². The molecule has 0 saturated carbocycles. The lowest BCUT2D eigenvalue weighted by molar-refractivity contribution is -0.113. The highest BCUT2D eigenvalue weighted by Crippen LogP contribution is 2.42. The lowest BCUT2D eigenvalue weighted by Crippen LogP contribution is -2.31. The zero-order chi connectivity index (χ0) is 21.8. The second-order valence-electron chi connectivity index (χ2n) is 6.56. The summed E-state index contributed by atoms with van der Waals surface area (Å²) in [6.45, 7) is 1.70. The van der Waals surface area contributed by atoms with Gasteiger partial charge in [0, 0.05) is 21.7 Å². The third-order valence-corrected chi connectivity index (χ3v) is 6.08. The van der Waals surface area contributed by atoms with Gasteiger partial charge in [0.2, 0.25) is 0 Å². The summed E-state index contributed by atoms with van der Waals surface area (Å²) in [5.74, 6) is -2.02. The first-order chi connectivity index (χ1) is 14.4. The third kappa shape index (κ3) is 4.27. The van der Waals surface area contributed by atoms with Crippen molar-refractivity contribution in [1.82, 2.24) is 0 Å². The fourth-order valence-corrected chi connectivity index (χ4v) is 4.47. The van der Waals surface area contributed by atoms with Gasteiger partial charge in [-0.25, -0.2) is 9.38 Å². The second kappa shape index (κ2) is 9.45.